The van der Waals surface area contributed by atoms with E-state index in [2.05, 4.69) is 34.8 Å². The Balaban J connectivity index is 1.72. The topological polar surface area (TPSA) is 90.1 Å². The van der Waals surface area contributed by atoms with Crippen molar-refractivity contribution < 1.29 is 9.90 Å². The summed E-state index contributed by atoms with van der Waals surface area (Å²) in [6.45, 7) is 4.84. The van der Waals surface area contributed by atoms with Crippen LogP contribution in [0.2, 0.25) is 0 Å². The number of anilines is 1. The number of rotatable bonds is 4. The van der Waals surface area contributed by atoms with Gasteiger partial charge in [-0.3, -0.25) is 4.79 Å². The summed E-state index contributed by atoms with van der Waals surface area (Å²) in [5.74, 6) is -0.179. The lowest BCUT2D eigenvalue weighted by molar-refractivity contribution is -0.142. The molecule has 1 aliphatic rings. The van der Waals surface area contributed by atoms with E-state index in [1.807, 2.05) is 24.3 Å². The van der Waals surface area contributed by atoms with Crippen molar-refractivity contribution in [3.63, 3.8) is 0 Å². The average Bonchev–Trinajstić information content (AvgIpc) is 3.02. The van der Waals surface area contributed by atoms with Crippen LogP contribution in [0.3, 0.4) is 0 Å². The van der Waals surface area contributed by atoms with Gasteiger partial charge in [0.2, 0.25) is 0 Å². The molecule has 2 aromatic heterocycles. The van der Waals surface area contributed by atoms with Gasteiger partial charge >= 0.3 is 5.97 Å². The number of aryl methyl sites for hydroxylation is 2. The second kappa shape index (κ2) is 7.80. The summed E-state index contributed by atoms with van der Waals surface area (Å²) in [4.78, 5) is 25.2. The predicted octanol–water partition coefficient (Wildman–Crippen LogP) is 4.09. The van der Waals surface area contributed by atoms with Gasteiger partial charge in [-0.2, -0.15) is 5.26 Å². The Bertz CT molecular complexity index is 1100. The van der Waals surface area contributed by atoms with Crippen molar-refractivity contribution >= 4 is 33.3 Å². The van der Waals surface area contributed by atoms with Crippen LogP contribution in [0, 0.1) is 31.1 Å². The Labute approximate surface area is 173 Å². The van der Waals surface area contributed by atoms with Crippen LogP contribution >= 0.6 is 11.3 Å². The predicted molar refractivity (Wildman–Crippen MR) is 113 cm³/mol. The number of carboxylic acid groups (broad SMARTS) is 1. The summed E-state index contributed by atoms with van der Waals surface area (Å²) in [7, 11) is 0. The summed E-state index contributed by atoms with van der Waals surface area (Å²) in [6.07, 6.45) is 3.49. The maximum atomic E-state index is 11.7. The first kappa shape index (κ1) is 19.3. The molecule has 29 heavy (non-hydrogen) atoms. The van der Waals surface area contributed by atoms with Gasteiger partial charge in [0.25, 0.3) is 0 Å². The molecule has 1 aromatic carbocycles. The molecule has 4 rings (SSSR count). The molecule has 6 nitrogen and oxygen atoms in total. The number of benzene rings is 1. The van der Waals surface area contributed by atoms with Crippen LogP contribution in [0.25, 0.3) is 10.2 Å². The summed E-state index contributed by atoms with van der Waals surface area (Å²) in [5, 5.41) is 19.7. The molecule has 7 heteroatoms. The van der Waals surface area contributed by atoms with Gasteiger partial charge in [0.1, 0.15) is 17.0 Å². The molecule has 3 heterocycles. The van der Waals surface area contributed by atoms with Gasteiger partial charge in [0, 0.05) is 17.5 Å². The normalized spacial score (nSPS) is 19.3. The number of fused-ring (bicyclic) bond motifs is 1. The highest BCUT2D eigenvalue weighted by atomic mass is 32.1. The highest BCUT2D eigenvalue weighted by Crippen LogP contribution is 2.38. The van der Waals surface area contributed by atoms with E-state index in [9.17, 15) is 9.90 Å². The van der Waals surface area contributed by atoms with Gasteiger partial charge in [-0.25, -0.2) is 9.97 Å². The van der Waals surface area contributed by atoms with E-state index < -0.39 is 5.97 Å². The number of thiophene rings is 1. The Morgan fingerprint density at radius 3 is 2.76 bits per heavy atom. The minimum Gasteiger partial charge on any atom is -0.481 e. The number of nitrogens with zero attached hydrogens (tertiary/aromatic N) is 4. The third-order valence-electron chi connectivity index (χ3n) is 5.84. The summed E-state index contributed by atoms with van der Waals surface area (Å²) in [6, 6.07) is 9.70. The minimum absolute atomic E-state index is 0.0236. The molecule has 0 amide bonds. The third-order valence-corrected chi connectivity index (χ3v) is 6.95. The zero-order valence-electron chi connectivity index (χ0n) is 16.4. The van der Waals surface area contributed by atoms with Crippen molar-refractivity contribution in [2.75, 3.05) is 11.4 Å². The van der Waals surface area contributed by atoms with E-state index in [-0.39, 0.29) is 12.0 Å². The van der Waals surface area contributed by atoms with Gasteiger partial charge in [0.15, 0.2) is 0 Å². The van der Waals surface area contributed by atoms with Gasteiger partial charge < -0.3 is 10.0 Å². The van der Waals surface area contributed by atoms with Gasteiger partial charge in [-0.05, 0) is 56.4 Å². The fourth-order valence-corrected chi connectivity index (χ4v) is 5.11. The zero-order chi connectivity index (χ0) is 20.5. The lowest BCUT2D eigenvalue weighted by Gasteiger charge is -2.39. The smallest absolute Gasteiger partial charge is 0.306 e. The van der Waals surface area contributed by atoms with E-state index in [0.29, 0.717) is 31.4 Å². The molecule has 1 fully saturated rings. The van der Waals surface area contributed by atoms with Crippen LogP contribution in [0.15, 0.2) is 30.6 Å². The second-order valence-electron chi connectivity index (χ2n) is 7.58. The number of carboxylic acids is 1. The molecule has 148 valence electrons. The molecular formula is C22H22N4O2S. The van der Waals surface area contributed by atoms with E-state index in [1.165, 1.54) is 10.4 Å². The first-order chi connectivity index (χ1) is 14.0. The molecule has 0 saturated carbocycles. The number of piperidine rings is 1. The van der Waals surface area contributed by atoms with E-state index in [4.69, 9.17) is 5.26 Å². The first-order valence-corrected chi connectivity index (χ1v) is 10.5. The number of hydrogen-bond acceptors (Lipinski definition) is 6. The number of aromatic nitrogens is 2. The van der Waals surface area contributed by atoms with Crippen molar-refractivity contribution in [2.45, 2.75) is 39.2 Å². The second-order valence-corrected chi connectivity index (χ2v) is 8.78. The zero-order valence-corrected chi connectivity index (χ0v) is 17.2. The molecule has 0 aliphatic carbocycles. The summed E-state index contributed by atoms with van der Waals surface area (Å²) in [5.41, 5.74) is 2.91. The quantitative estimate of drug-likeness (QED) is 0.702. The van der Waals surface area contributed by atoms with E-state index in [0.717, 1.165) is 21.6 Å². The largest absolute Gasteiger partial charge is 0.481 e. The third kappa shape index (κ3) is 3.68. The highest BCUT2D eigenvalue weighted by Gasteiger charge is 2.34. The SMILES string of the molecule is Cc1sc2ncnc(N3CCC(C(=O)O)CC3Cc3ccc(C#N)cc3)c2c1C. The Hall–Kier alpha value is -2.98. The molecule has 1 aliphatic heterocycles. The maximum Gasteiger partial charge on any atom is 0.306 e. The molecule has 0 spiro atoms. The monoisotopic (exact) mass is 406 g/mol. The van der Waals surface area contributed by atoms with Crippen molar-refractivity contribution in [3.8, 4) is 6.07 Å². The van der Waals surface area contributed by atoms with Crippen LogP contribution in [-0.2, 0) is 11.2 Å². The fraction of sp³-hybridized carbons (Fsp3) is 0.364. The van der Waals surface area contributed by atoms with Gasteiger partial charge in [-0.1, -0.05) is 12.1 Å². The van der Waals surface area contributed by atoms with Crippen LogP contribution in [-0.4, -0.2) is 33.6 Å². The Kier molecular flexibility index (Phi) is 5.20. The molecule has 3 aromatic rings. The standard InChI is InChI=1S/C22H22N4O2S/c1-13-14(2)29-21-19(13)20(24-12-25-21)26-8-7-17(22(27)28)10-18(26)9-15-3-5-16(11-23)6-4-15/h3-6,12,17-18H,7-10H2,1-2H3,(H,27,28). The number of nitriles is 1. The Morgan fingerprint density at radius 1 is 1.31 bits per heavy atom. The van der Waals surface area contributed by atoms with Crippen LogP contribution < -0.4 is 4.90 Å². The number of hydrogen-bond donors (Lipinski definition) is 1. The summed E-state index contributed by atoms with van der Waals surface area (Å²) >= 11 is 1.67. The maximum absolute atomic E-state index is 11.7. The van der Waals surface area contributed by atoms with E-state index in [1.54, 1.807) is 17.7 Å². The number of carbonyl (C=O) groups is 1. The summed E-state index contributed by atoms with van der Waals surface area (Å²) < 4.78 is 0. The molecule has 0 radical (unpaired) electrons. The fourth-order valence-electron chi connectivity index (χ4n) is 4.12. The molecular weight excluding hydrogens is 384 g/mol. The van der Waals surface area contributed by atoms with Crippen molar-refractivity contribution in [2.24, 2.45) is 5.92 Å². The van der Waals surface area contributed by atoms with Gasteiger partial charge in [0.05, 0.1) is 22.9 Å². The van der Waals surface area contributed by atoms with Crippen LogP contribution in [0.4, 0.5) is 5.82 Å². The number of aliphatic carboxylic acids is 1. The average molecular weight is 407 g/mol. The van der Waals surface area contributed by atoms with Crippen LogP contribution in [0.5, 0.6) is 0 Å². The first-order valence-electron chi connectivity index (χ1n) is 9.67. The molecule has 1 saturated heterocycles. The molecule has 2 atom stereocenters. The lowest BCUT2D eigenvalue weighted by atomic mass is 9.87. The van der Waals surface area contributed by atoms with Crippen molar-refractivity contribution in [3.05, 3.63) is 52.2 Å². The van der Waals surface area contributed by atoms with Crippen molar-refractivity contribution in [1.29, 1.82) is 5.26 Å². The van der Waals surface area contributed by atoms with Gasteiger partial charge in [-0.15, -0.1) is 11.3 Å². The van der Waals surface area contributed by atoms with Crippen LogP contribution in [0.1, 0.15) is 34.4 Å². The lowest BCUT2D eigenvalue weighted by Crippen LogP contribution is -2.46. The van der Waals surface area contributed by atoms with E-state index >= 15 is 0 Å². The minimum atomic E-state index is -0.732. The highest BCUT2D eigenvalue weighted by molar-refractivity contribution is 7.18. The molecule has 2 unspecified atom stereocenters. The molecule has 0 bridgehead atoms. The van der Waals surface area contributed by atoms with Crippen molar-refractivity contribution in [1.82, 2.24) is 9.97 Å². The Morgan fingerprint density at radius 2 is 2.07 bits per heavy atom. The molecule has 1 N–H and O–H groups in total.